The minimum atomic E-state index is -0.158. The van der Waals surface area contributed by atoms with Gasteiger partial charge in [-0.2, -0.15) is 0 Å². The van der Waals surface area contributed by atoms with Gasteiger partial charge in [-0.1, -0.05) is 23.7 Å². The van der Waals surface area contributed by atoms with E-state index >= 15 is 0 Å². The van der Waals surface area contributed by atoms with Crippen LogP contribution in [0.3, 0.4) is 0 Å². The van der Waals surface area contributed by atoms with E-state index in [1.165, 1.54) is 6.33 Å². The van der Waals surface area contributed by atoms with Crippen LogP contribution in [0.2, 0.25) is 5.02 Å². The highest BCUT2D eigenvalue weighted by atomic mass is 35.5. The number of benzene rings is 1. The van der Waals surface area contributed by atoms with Gasteiger partial charge in [-0.3, -0.25) is 4.79 Å². The van der Waals surface area contributed by atoms with Crippen LogP contribution in [0, 0.1) is 6.92 Å². The molecule has 8 heteroatoms. The van der Waals surface area contributed by atoms with Gasteiger partial charge in [-0.15, -0.1) is 0 Å². The summed E-state index contributed by atoms with van der Waals surface area (Å²) in [4.78, 5) is 36.5. The minimum absolute atomic E-state index is 0.0357. The van der Waals surface area contributed by atoms with Gasteiger partial charge in [0.2, 0.25) is 0 Å². The quantitative estimate of drug-likeness (QED) is 0.854. The van der Waals surface area contributed by atoms with Crippen LogP contribution in [0.5, 0.6) is 0 Å². The first kappa shape index (κ1) is 20.1. The molecule has 1 N–H and O–H groups in total. The number of amides is 3. The van der Waals surface area contributed by atoms with Crippen molar-refractivity contribution in [2.45, 2.75) is 32.4 Å². The highest BCUT2D eigenvalue weighted by Crippen LogP contribution is 2.18. The molecule has 2 heterocycles. The summed E-state index contributed by atoms with van der Waals surface area (Å²) in [5, 5.41) is 3.65. The number of carbonyl (C=O) groups is 2. The average molecular weight is 402 g/mol. The summed E-state index contributed by atoms with van der Waals surface area (Å²) in [7, 11) is 1.77. The smallest absolute Gasteiger partial charge is 0.317 e. The van der Waals surface area contributed by atoms with E-state index in [0.717, 1.165) is 24.0 Å². The molecule has 2 aromatic rings. The van der Waals surface area contributed by atoms with Crippen molar-refractivity contribution < 1.29 is 9.59 Å². The van der Waals surface area contributed by atoms with E-state index in [2.05, 4.69) is 15.3 Å². The number of hydrogen-bond donors (Lipinski definition) is 1. The van der Waals surface area contributed by atoms with Gasteiger partial charge in [0, 0.05) is 37.9 Å². The minimum Gasteiger partial charge on any atom is -0.335 e. The van der Waals surface area contributed by atoms with Crippen molar-refractivity contribution in [1.29, 1.82) is 0 Å². The van der Waals surface area contributed by atoms with Crippen molar-refractivity contribution in [3.8, 4) is 0 Å². The molecule has 28 heavy (non-hydrogen) atoms. The summed E-state index contributed by atoms with van der Waals surface area (Å²) >= 11 is 6.04. The van der Waals surface area contributed by atoms with E-state index in [4.69, 9.17) is 11.6 Å². The van der Waals surface area contributed by atoms with E-state index in [1.54, 1.807) is 29.1 Å². The summed E-state index contributed by atoms with van der Waals surface area (Å²) in [5.41, 5.74) is 2.35. The lowest BCUT2D eigenvalue weighted by atomic mass is 10.0. The molecule has 1 saturated heterocycles. The maximum Gasteiger partial charge on any atom is 0.317 e. The Balaban J connectivity index is 1.56. The number of piperidine rings is 1. The lowest BCUT2D eigenvalue weighted by molar-refractivity contribution is 0.0630. The fourth-order valence-electron chi connectivity index (χ4n) is 3.32. The Labute approximate surface area is 169 Å². The number of nitrogens with one attached hydrogen (secondary N) is 1. The molecule has 148 valence electrons. The molecule has 0 saturated carbocycles. The lowest BCUT2D eigenvalue weighted by Crippen LogP contribution is -2.52. The zero-order chi connectivity index (χ0) is 20.1. The Bertz CT molecular complexity index is 846. The number of urea groups is 1. The van der Waals surface area contributed by atoms with Crippen LogP contribution >= 0.6 is 11.6 Å². The van der Waals surface area contributed by atoms with E-state index in [0.29, 0.717) is 30.4 Å². The third-order valence-corrected chi connectivity index (χ3v) is 5.44. The van der Waals surface area contributed by atoms with E-state index < -0.39 is 0 Å². The van der Waals surface area contributed by atoms with E-state index in [9.17, 15) is 9.59 Å². The Morgan fingerprint density at radius 2 is 2.18 bits per heavy atom. The first-order valence-electron chi connectivity index (χ1n) is 9.26. The highest BCUT2D eigenvalue weighted by molar-refractivity contribution is 6.31. The van der Waals surface area contributed by atoms with Gasteiger partial charge >= 0.3 is 6.03 Å². The number of aromatic nitrogens is 2. The van der Waals surface area contributed by atoms with Crippen molar-refractivity contribution in [2.24, 2.45) is 0 Å². The highest BCUT2D eigenvalue weighted by Gasteiger charge is 2.29. The van der Waals surface area contributed by atoms with E-state index in [1.807, 2.05) is 25.1 Å². The molecule has 1 fully saturated rings. The molecule has 0 bridgehead atoms. The monoisotopic (exact) mass is 401 g/mol. The fraction of sp³-hybridized carbons (Fsp3) is 0.400. The SMILES string of the molecule is Cc1cc(CNC(=O)N(C)C2CCCN(C(=O)c3ccncn3)C2)ccc1Cl. The molecule has 1 unspecified atom stereocenters. The molecule has 1 aliphatic rings. The number of likely N-dealkylation sites (tertiary alicyclic amines) is 1. The Morgan fingerprint density at radius 1 is 1.36 bits per heavy atom. The van der Waals surface area contributed by atoms with Crippen molar-refractivity contribution in [2.75, 3.05) is 20.1 Å². The van der Waals surface area contributed by atoms with Crippen LogP contribution in [-0.2, 0) is 6.54 Å². The zero-order valence-corrected chi connectivity index (χ0v) is 16.8. The van der Waals surface area contributed by atoms with E-state index in [-0.39, 0.29) is 18.0 Å². The molecule has 1 aromatic carbocycles. The largest absolute Gasteiger partial charge is 0.335 e. The first-order chi connectivity index (χ1) is 13.5. The molecule has 1 aromatic heterocycles. The van der Waals surface area contributed by atoms with Gasteiger partial charge in [0.1, 0.15) is 12.0 Å². The van der Waals surface area contributed by atoms with Crippen LogP contribution in [0.4, 0.5) is 4.79 Å². The van der Waals surface area contributed by atoms with Crippen LogP contribution in [-0.4, -0.2) is 57.9 Å². The second-order valence-electron chi connectivity index (χ2n) is 6.99. The third-order valence-electron chi connectivity index (χ3n) is 5.02. The number of nitrogens with zero attached hydrogens (tertiary/aromatic N) is 4. The second kappa shape index (κ2) is 9.01. The standard InChI is InChI=1S/C20H24ClN5O2/c1-14-10-15(5-6-17(14)21)11-23-20(28)25(2)16-4-3-9-26(12-16)19(27)18-7-8-22-13-24-18/h5-8,10,13,16H,3-4,9,11-12H2,1-2H3,(H,23,28). The number of hydrogen-bond acceptors (Lipinski definition) is 4. The van der Waals surface area contributed by atoms with Crippen LogP contribution in [0.25, 0.3) is 0 Å². The zero-order valence-electron chi connectivity index (χ0n) is 16.1. The van der Waals surface area contributed by atoms with Gasteiger partial charge in [0.15, 0.2) is 0 Å². The average Bonchev–Trinajstić information content (AvgIpc) is 2.74. The van der Waals surface area contributed by atoms with Gasteiger partial charge in [-0.25, -0.2) is 14.8 Å². The summed E-state index contributed by atoms with van der Waals surface area (Å²) in [5.74, 6) is -0.127. The molecule has 3 amide bonds. The molecular formula is C20H24ClN5O2. The number of aryl methyl sites for hydroxylation is 1. The predicted molar refractivity (Wildman–Crippen MR) is 107 cm³/mol. The van der Waals surface area contributed by atoms with Crippen LogP contribution < -0.4 is 5.32 Å². The molecule has 1 atom stereocenters. The van der Waals surface area contributed by atoms with Gasteiger partial charge in [0.25, 0.3) is 5.91 Å². The van der Waals surface area contributed by atoms with Gasteiger partial charge < -0.3 is 15.1 Å². The van der Waals surface area contributed by atoms with Crippen LogP contribution in [0.1, 0.15) is 34.5 Å². The van der Waals surface area contributed by atoms with Crippen molar-refractivity contribution in [1.82, 2.24) is 25.1 Å². The van der Waals surface area contributed by atoms with Crippen molar-refractivity contribution >= 4 is 23.5 Å². The van der Waals surface area contributed by atoms with Gasteiger partial charge in [-0.05, 0) is 43.0 Å². The molecule has 0 radical (unpaired) electrons. The molecule has 0 aliphatic carbocycles. The molecular weight excluding hydrogens is 378 g/mol. The Morgan fingerprint density at radius 3 is 2.89 bits per heavy atom. The third kappa shape index (κ3) is 4.78. The predicted octanol–water partition coefficient (Wildman–Crippen LogP) is 2.88. The van der Waals surface area contributed by atoms with Crippen molar-refractivity contribution in [3.05, 3.63) is 58.6 Å². The molecule has 0 spiro atoms. The number of carbonyl (C=O) groups excluding carboxylic acids is 2. The number of halogens is 1. The number of rotatable bonds is 4. The summed E-state index contributed by atoms with van der Waals surface area (Å²) < 4.78 is 0. The summed E-state index contributed by atoms with van der Waals surface area (Å²) in [6.07, 6.45) is 4.62. The summed E-state index contributed by atoms with van der Waals surface area (Å²) in [6, 6.07) is 7.11. The molecule has 1 aliphatic heterocycles. The maximum atomic E-state index is 12.6. The number of likely N-dealkylation sites (N-methyl/N-ethyl adjacent to an activating group) is 1. The van der Waals surface area contributed by atoms with Gasteiger partial charge in [0.05, 0.1) is 6.04 Å². The topological polar surface area (TPSA) is 78.4 Å². The van der Waals surface area contributed by atoms with Crippen LogP contribution in [0.15, 0.2) is 36.8 Å². The second-order valence-corrected chi connectivity index (χ2v) is 7.40. The Hall–Kier alpha value is -2.67. The molecule has 3 rings (SSSR count). The van der Waals surface area contributed by atoms with Crippen molar-refractivity contribution in [3.63, 3.8) is 0 Å². The Kier molecular flexibility index (Phi) is 6.46. The fourth-order valence-corrected chi connectivity index (χ4v) is 3.44. The first-order valence-corrected chi connectivity index (χ1v) is 9.64. The summed E-state index contributed by atoms with van der Waals surface area (Å²) in [6.45, 7) is 3.52. The lowest BCUT2D eigenvalue weighted by Gasteiger charge is -2.37. The normalized spacial score (nSPS) is 16.5. The molecule has 7 nitrogen and oxygen atoms in total. The maximum absolute atomic E-state index is 12.6.